The fourth-order valence-corrected chi connectivity index (χ4v) is 1.47. The third-order valence-corrected chi connectivity index (χ3v) is 2.16. The SMILES string of the molecule is O=C([O-])CN(CCN(CC(=O)O)CC(=O)O)CC(=O)O.[Tb]. The zero-order valence-corrected chi connectivity index (χ0v) is 13.0. The first kappa shape index (κ1) is 22.4. The molecule has 0 aliphatic heterocycles. The Labute approximate surface area is 150 Å². The molecule has 1 radical (unpaired) electrons. The van der Waals surface area contributed by atoms with E-state index in [0.717, 1.165) is 9.80 Å². The summed E-state index contributed by atoms with van der Waals surface area (Å²) in [5, 5.41) is 36.3. The van der Waals surface area contributed by atoms with Gasteiger partial charge in [-0.15, -0.1) is 0 Å². The number of rotatable bonds is 11. The molecule has 0 unspecified atom stereocenters. The molecule has 11 heteroatoms. The van der Waals surface area contributed by atoms with Crippen molar-refractivity contribution in [1.29, 1.82) is 0 Å². The van der Waals surface area contributed by atoms with Crippen LogP contribution in [-0.4, -0.2) is 88.3 Å². The second-order valence-corrected chi connectivity index (χ2v) is 3.97. The fraction of sp³-hybridized carbons (Fsp3) is 0.600. The largest absolute Gasteiger partial charge is 0.549 e. The van der Waals surface area contributed by atoms with Gasteiger partial charge in [-0.25, -0.2) is 0 Å². The maximum absolute atomic E-state index is 10.5. The van der Waals surface area contributed by atoms with Crippen LogP contribution in [0.3, 0.4) is 0 Å². The van der Waals surface area contributed by atoms with Crippen LogP contribution in [-0.2, 0) is 19.2 Å². The molecule has 3 N–H and O–H groups in total. The Morgan fingerprint density at radius 1 is 0.714 bits per heavy atom. The van der Waals surface area contributed by atoms with Crippen LogP contribution in [0, 0.1) is 38.6 Å². The van der Waals surface area contributed by atoms with E-state index in [-0.39, 0.29) is 51.7 Å². The van der Waals surface area contributed by atoms with E-state index in [1.54, 1.807) is 0 Å². The smallest absolute Gasteiger partial charge is 0.317 e. The fourth-order valence-electron chi connectivity index (χ4n) is 1.47. The molecule has 0 aliphatic carbocycles. The standard InChI is InChI=1S/C10H16N2O8.Tb/c13-7(14)3-11(4-8(15)16)1-2-12(5-9(17)18)6-10(19)20;/h1-6H2,(H,13,14)(H,15,16)(H,17,18)(H,19,20);/p-1. The molecular weight excluding hydrogens is 435 g/mol. The van der Waals surface area contributed by atoms with Crippen molar-refractivity contribution in [3.05, 3.63) is 0 Å². The Morgan fingerprint density at radius 3 is 1.24 bits per heavy atom. The summed E-state index contributed by atoms with van der Waals surface area (Å²) in [4.78, 5) is 44.1. The molecule has 0 bridgehead atoms. The van der Waals surface area contributed by atoms with Crippen molar-refractivity contribution in [2.24, 2.45) is 0 Å². The van der Waals surface area contributed by atoms with Gasteiger partial charge in [0.15, 0.2) is 0 Å². The molecule has 0 aromatic rings. The summed E-state index contributed by atoms with van der Waals surface area (Å²) in [6, 6.07) is 0. The molecule has 0 aromatic heterocycles. The first-order valence-electron chi connectivity index (χ1n) is 5.50. The molecule has 0 saturated heterocycles. The van der Waals surface area contributed by atoms with E-state index in [9.17, 15) is 24.3 Å². The van der Waals surface area contributed by atoms with Crippen LogP contribution in [0.5, 0.6) is 0 Å². The predicted octanol–water partition coefficient (Wildman–Crippen LogP) is -3.41. The van der Waals surface area contributed by atoms with Crippen molar-refractivity contribution in [1.82, 2.24) is 9.80 Å². The summed E-state index contributed by atoms with van der Waals surface area (Å²) in [5.74, 6) is -5.21. The van der Waals surface area contributed by atoms with Gasteiger partial charge < -0.3 is 25.2 Å². The molecule has 123 valence electrons. The molecule has 0 aromatic carbocycles. The normalized spacial score (nSPS) is 10.2. The molecule has 0 heterocycles. The molecule has 0 fully saturated rings. The maximum atomic E-state index is 10.5. The molecule has 0 rings (SSSR count). The second kappa shape index (κ2) is 11.7. The van der Waals surface area contributed by atoms with Crippen LogP contribution < -0.4 is 5.11 Å². The summed E-state index contributed by atoms with van der Waals surface area (Å²) in [7, 11) is 0. The zero-order chi connectivity index (χ0) is 15.7. The monoisotopic (exact) mass is 450 g/mol. The summed E-state index contributed by atoms with van der Waals surface area (Å²) in [6.07, 6.45) is 0. The third-order valence-electron chi connectivity index (χ3n) is 2.16. The van der Waals surface area contributed by atoms with E-state index in [1.165, 1.54) is 0 Å². The van der Waals surface area contributed by atoms with Crippen molar-refractivity contribution < 1.29 is 78.2 Å². The Balaban J connectivity index is 0. The van der Waals surface area contributed by atoms with Gasteiger partial charge in [-0.1, -0.05) is 0 Å². The van der Waals surface area contributed by atoms with Crippen LogP contribution in [0.15, 0.2) is 0 Å². The molecule has 0 amide bonds. The quantitative estimate of drug-likeness (QED) is 0.290. The van der Waals surface area contributed by atoms with Crippen molar-refractivity contribution in [3.8, 4) is 0 Å². The number of carbonyl (C=O) groups excluding carboxylic acids is 1. The van der Waals surface area contributed by atoms with Crippen LogP contribution in [0.2, 0.25) is 0 Å². The van der Waals surface area contributed by atoms with Crippen molar-refractivity contribution in [3.63, 3.8) is 0 Å². The van der Waals surface area contributed by atoms with E-state index >= 15 is 0 Å². The van der Waals surface area contributed by atoms with Gasteiger partial charge in [0.25, 0.3) is 0 Å². The van der Waals surface area contributed by atoms with Gasteiger partial charge in [0.05, 0.1) is 25.6 Å². The molecule has 0 spiro atoms. The van der Waals surface area contributed by atoms with Crippen molar-refractivity contribution in [2.75, 3.05) is 39.3 Å². The molecule has 0 atom stereocenters. The van der Waals surface area contributed by atoms with Crippen LogP contribution >= 0.6 is 0 Å². The average Bonchev–Trinajstić information content (AvgIpc) is 2.22. The van der Waals surface area contributed by atoms with Gasteiger partial charge in [-0.05, 0) is 0 Å². The number of hydrogen-bond acceptors (Lipinski definition) is 7. The number of hydrogen-bond donors (Lipinski definition) is 3. The summed E-state index contributed by atoms with van der Waals surface area (Å²) >= 11 is 0. The Kier molecular flexibility index (Phi) is 12.5. The number of carboxylic acids is 4. The Bertz CT molecular complexity index is 321. The molecule has 0 saturated carbocycles. The van der Waals surface area contributed by atoms with Crippen molar-refractivity contribution in [2.45, 2.75) is 0 Å². The predicted molar refractivity (Wildman–Crippen MR) is 60.8 cm³/mol. The minimum atomic E-state index is -1.48. The van der Waals surface area contributed by atoms with E-state index in [0.29, 0.717) is 0 Å². The van der Waals surface area contributed by atoms with Gasteiger partial charge in [-0.3, -0.25) is 24.2 Å². The molecular formula is C10H15N2O8Tb-. The van der Waals surface area contributed by atoms with Gasteiger partial charge in [0.1, 0.15) is 0 Å². The van der Waals surface area contributed by atoms with Crippen molar-refractivity contribution >= 4 is 23.9 Å². The molecule has 10 nitrogen and oxygen atoms in total. The topological polar surface area (TPSA) is 159 Å². The van der Waals surface area contributed by atoms with Gasteiger partial charge >= 0.3 is 17.9 Å². The first-order valence-corrected chi connectivity index (χ1v) is 5.50. The van der Waals surface area contributed by atoms with Gasteiger partial charge in [-0.2, -0.15) is 0 Å². The van der Waals surface area contributed by atoms with Crippen LogP contribution in [0.25, 0.3) is 0 Å². The summed E-state index contributed by atoms with van der Waals surface area (Å²) in [5.41, 5.74) is 0. The summed E-state index contributed by atoms with van der Waals surface area (Å²) in [6.45, 7) is -2.50. The number of carboxylic acid groups (broad SMARTS) is 4. The minimum absolute atomic E-state index is 0. The first-order chi connectivity index (χ1) is 9.20. The summed E-state index contributed by atoms with van der Waals surface area (Å²) < 4.78 is 0. The van der Waals surface area contributed by atoms with Crippen LogP contribution in [0.1, 0.15) is 0 Å². The Morgan fingerprint density at radius 2 is 1.00 bits per heavy atom. The number of carbonyl (C=O) groups is 4. The second-order valence-electron chi connectivity index (χ2n) is 3.97. The van der Waals surface area contributed by atoms with E-state index < -0.39 is 50.1 Å². The van der Waals surface area contributed by atoms with Crippen LogP contribution in [0.4, 0.5) is 0 Å². The van der Waals surface area contributed by atoms with Gasteiger partial charge in [0.2, 0.25) is 0 Å². The number of aliphatic carboxylic acids is 4. The maximum Gasteiger partial charge on any atom is 0.317 e. The van der Waals surface area contributed by atoms with E-state index in [2.05, 4.69) is 0 Å². The van der Waals surface area contributed by atoms with E-state index in [4.69, 9.17) is 15.3 Å². The minimum Gasteiger partial charge on any atom is -0.549 e. The Hall–Kier alpha value is -0.914. The molecule has 21 heavy (non-hydrogen) atoms. The zero-order valence-electron chi connectivity index (χ0n) is 10.9. The molecule has 0 aliphatic rings. The third kappa shape index (κ3) is 13.8. The van der Waals surface area contributed by atoms with Gasteiger partial charge in [0, 0.05) is 58.2 Å². The number of nitrogens with zero attached hydrogens (tertiary/aromatic N) is 2. The van der Waals surface area contributed by atoms with E-state index in [1.807, 2.05) is 0 Å². The average molecular weight is 450 g/mol.